The summed E-state index contributed by atoms with van der Waals surface area (Å²) in [5.74, 6) is 1.31. The fourth-order valence-corrected chi connectivity index (χ4v) is 3.59. The van der Waals surface area contributed by atoms with Gasteiger partial charge in [-0.2, -0.15) is 0 Å². The van der Waals surface area contributed by atoms with Gasteiger partial charge in [-0.3, -0.25) is 4.79 Å². The monoisotopic (exact) mass is 355 g/mol. The van der Waals surface area contributed by atoms with Crippen LogP contribution in [0.15, 0.2) is 11.1 Å². The molecule has 0 bridgehead atoms. The number of rotatable bonds is 1. The predicted octanol–water partition coefficient (Wildman–Crippen LogP) is 2.62. The molecular formula is C13H14BrN3O2S. The third kappa shape index (κ3) is 2.40. The molecular weight excluding hydrogens is 342 g/mol. The predicted molar refractivity (Wildman–Crippen MR) is 83.7 cm³/mol. The number of amides is 1. The molecule has 0 fully saturated rings. The maximum Gasteiger partial charge on any atom is 0.225 e. The number of carbonyl (C=O) groups is 1. The Morgan fingerprint density at radius 1 is 1.50 bits per heavy atom. The van der Waals surface area contributed by atoms with Crippen molar-refractivity contribution in [3.8, 4) is 0 Å². The number of aryl methyl sites for hydroxylation is 1. The van der Waals surface area contributed by atoms with E-state index in [-0.39, 0.29) is 16.8 Å². The van der Waals surface area contributed by atoms with Crippen molar-refractivity contribution in [2.45, 2.75) is 30.6 Å². The zero-order valence-corrected chi connectivity index (χ0v) is 13.5. The highest BCUT2D eigenvalue weighted by Gasteiger charge is 2.27. The molecule has 1 amide bonds. The molecule has 2 atom stereocenters. The van der Waals surface area contributed by atoms with Crippen LogP contribution in [0.2, 0.25) is 0 Å². The van der Waals surface area contributed by atoms with Gasteiger partial charge in [-0.1, -0.05) is 22.0 Å². The number of aromatic nitrogens is 1. The number of halogens is 1. The van der Waals surface area contributed by atoms with Crippen molar-refractivity contribution in [3.05, 3.63) is 16.0 Å². The van der Waals surface area contributed by atoms with Gasteiger partial charge >= 0.3 is 0 Å². The minimum Gasteiger partial charge on any atom is -0.481 e. The first-order valence-electron chi connectivity index (χ1n) is 6.36. The Labute approximate surface area is 129 Å². The summed E-state index contributed by atoms with van der Waals surface area (Å²) in [6, 6.07) is 0.128. The van der Waals surface area contributed by atoms with E-state index in [9.17, 15) is 4.79 Å². The largest absolute Gasteiger partial charge is 0.481 e. The molecule has 5 nitrogen and oxygen atoms in total. The normalized spacial score (nSPS) is 25.4. The minimum atomic E-state index is 0.0274. The maximum absolute atomic E-state index is 11.4. The number of nitrogens with one attached hydrogen (secondary N) is 1. The van der Waals surface area contributed by atoms with Crippen molar-refractivity contribution >= 4 is 50.5 Å². The number of aliphatic imine (C=N–C) groups is 1. The van der Waals surface area contributed by atoms with Crippen LogP contribution in [0.3, 0.4) is 0 Å². The zero-order chi connectivity index (χ0) is 14.3. The van der Waals surface area contributed by atoms with Crippen LogP contribution in [-0.2, 0) is 16.0 Å². The number of anilines is 1. The lowest BCUT2D eigenvalue weighted by atomic mass is 10.1. The molecule has 1 N–H and O–H groups in total. The molecule has 0 spiro atoms. The standard InChI is InChI=1S/C13H14BrN3O2S/c1-6-8(14)5-7(12(15-6)19-2)13-17-11-9(20-13)3-4-10(18)16-11/h5-6,8H,3-4H2,1-2H3,(H,16,18). The van der Waals surface area contributed by atoms with Crippen LogP contribution in [0.25, 0.3) is 5.57 Å². The van der Waals surface area contributed by atoms with E-state index in [1.807, 2.05) is 6.92 Å². The highest BCUT2D eigenvalue weighted by Crippen LogP contribution is 2.35. The van der Waals surface area contributed by atoms with Gasteiger partial charge in [0, 0.05) is 6.42 Å². The van der Waals surface area contributed by atoms with Gasteiger partial charge in [0.2, 0.25) is 11.8 Å². The number of nitrogens with zero attached hydrogens (tertiary/aromatic N) is 2. The second kappa shape index (κ2) is 5.29. The molecule has 7 heteroatoms. The molecule has 2 unspecified atom stereocenters. The first-order valence-corrected chi connectivity index (χ1v) is 8.09. The van der Waals surface area contributed by atoms with Crippen LogP contribution in [0.4, 0.5) is 5.82 Å². The molecule has 3 heterocycles. The number of thiazole rings is 1. The van der Waals surface area contributed by atoms with Gasteiger partial charge in [-0.05, 0) is 13.3 Å². The van der Waals surface area contributed by atoms with Gasteiger partial charge in [0.15, 0.2) is 0 Å². The Bertz CT molecular complexity index is 623. The van der Waals surface area contributed by atoms with Gasteiger partial charge in [0.1, 0.15) is 10.8 Å². The Kier molecular flexibility index (Phi) is 3.64. The molecule has 2 aliphatic heterocycles. The molecule has 0 saturated heterocycles. The Balaban J connectivity index is 1.98. The summed E-state index contributed by atoms with van der Waals surface area (Å²) < 4.78 is 5.37. The van der Waals surface area contributed by atoms with E-state index in [0.29, 0.717) is 18.1 Å². The second-order valence-electron chi connectivity index (χ2n) is 4.74. The SMILES string of the molecule is COC1=NC(C)C(Br)C=C1c1nc2c(s1)CCC(=O)N2. The van der Waals surface area contributed by atoms with E-state index in [2.05, 4.69) is 37.3 Å². The highest BCUT2D eigenvalue weighted by atomic mass is 79.9. The Morgan fingerprint density at radius 3 is 3.05 bits per heavy atom. The van der Waals surface area contributed by atoms with E-state index in [1.54, 1.807) is 18.4 Å². The van der Waals surface area contributed by atoms with Crippen molar-refractivity contribution in [1.82, 2.24) is 4.98 Å². The highest BCUT2D eigenvalue weighted by molar-refractivity contribution is 9.09. The summed E-state index contributed by atoms with van der Waals surface area (Å²) in [5, 5.41) is 3.65. The number of carbonyl (C=O) groups excluding carboxylic acids is 1. The molecule has 106 valence electrons. The van der Waals surface area contributed by atoms with Gasteiger partial charge in [-0.15, -0.1) is 11.3 Å². The third-order valence-corrected chi connectivity index (χ3v) is 5.47. The minimum absolute atomic E-state index is 0.0274. The number of ether oxygens (including phenoxy) is 1. The Hall–Kier alpha value is -1.21. The number of alkyl halides is 1. The summed E-state index contributed by atoms with van der Waals surface area (Å²) in [5.41, 5.74) is 0.890. The molecule has 0 radical (unpaired) electrons. The van der Waals surface area contributed by atoms with E-state index >= 15 is 0 Å². The molecule has 3 rings (SSSR count). The Morgan fingerprint density at radius 2 is 2.30 bits per heavy atom. The zero-order valence-electron chi connectivity index (χ0n) is 11.1. The third-order valence-electron chi connectivity index (χ3n) is 3.30. The number of fused-ring (bicyclic) bond motifs is 1. The van der Waals surface area contributed by atoms with Crippen molar-refractivity contribution in [3.63, 3.8) is 0 Å². The summed E-state index contributed by atoms with van der Waals surface area (Å²) in [6.07, 6.45) is 3.35. The smallest absolute Gasteiger partial charge is 0.225 e. The van der Waals surface area contributed by atoms with Gasteiger partial charge < -0.3 is 10.1 Å². The van der Waals surface area contributed by atoms with E-state index in [1.165, 1.54) is 0 Å². The molecule has 1 aromatic heterocycles. The van der Waals surface area contributed by atoms with E-state index in [0.717, 1.165) is 21.9 Å². The molecule has 0 aromatic carbocycles. The first kappa shape index (κ1) is 13.8. The van der Waals surface area contributed by atoms with Crippen LogP contribution < -0.4 is 5.32 Å². The summed E-state index contributed by atoms with van der Waals surface area (Å²) in [7, 11) is 1.61. The number of dihydropyridines is 1. The second-order valence-corrected chi connectivity index (χ2v) is 6.88. The summed E-state index contributed by atoms with van der Waals surface area (Å²) >= 11 is 5.19. The van der Waals surface area contributed by atoms with E-state index < -0.39 is 0 Å². The maximum atomic E-state index is 11.4. The topological polar surface area (TPSA) is 63.6 Å². The van der Waals surface area contributed by atoms with Crippen LogP contribution in [-0.4, -0.2) is 34.8 Å². The van der Waals surface area contributed by atoms with Crippen LogP contribution in [0, 0.1) is 0 Å². The lowest BCUT2D eigenvalue weighted by Crippen LogP contribution is -2.23. The number of hydrogen-bond acceptors (Lipinski definition) is 5. The van der Waals surface area contributed by atoms with Crippen LogP contribution >= 0.6 is 27.3 Å². The molecule has 20 heavy (non-hydrogen) atoms. The molecule has 1 aromatic rings. The van der Waals surface area contributed by atoms with Crippen LogP contribution in [0.1, 0.15) is 23.2 Å². The fraction of sp³-hybridized carbons (Fsp3) is 0.462. The molecule has 2 aliphatic rings. The fourth-order valence-electron chi connectivity index (χ4n) is 2.18. The first-order chi connectivity index (χ1) is 9.58. The number of methoxy groups -OCH3 is 1. The van der Waals surface area contributed by atoms with Gasteiger partial charge in [0.05, 0.1) is 28.4 Å². The van der Waals surface area contributed by atoms with Gasteiger partial charge in [0.25, 0.3) is 0 Å². The number of hydrogen-bond donors (Lipinski definition) is 1. The quantitative estimate of drug-likeness (QED) is 0.787. The van der Waals surface area contributed by atoms with Crippen molar-refractivity contribution in [2.24, 2.45) is 4.99 Å². The molecule has 0 saturated carbocycles. The average Bonchev–Trinajstić information content (AvgIpc) is 2.84. The average molecular weight is 356 g/mol. The van der Waals surface area contributed by atoms with E-state index in [4.69, 9.17) is 4.74 Å². The lowest BCUT2D eigenvalue weighted by Gasteiger charge is -2.20. The van der Waals surface area contributed by atoms with Crippen LogP contribution in [0.5, 0.6) is 0 Å². The summed E-state index contributed by atoms with van der Waals surface area (Å²) in [4.78, 5) is 21.7. The summed E-state index contributed by atoms with van der Waals surface area (Å²) in [6.45, 7) is 2.03. The molecule has 0 aliphatic carbocycles. The van der Waals surface area contributed by atoms with Gasteiger partial charge in [-0.25, -0.2) is 9.98 Å². The van der Waals surface area contributed by atoms with Crippen molar-refractivity contribution in [2.75, 3.05) is 12.4 Å². The van der Waals surface area contributed by atoms with Crippen molar-refractivity contribution < 1.29 is 9.53 Å². The van der Waals surface area contributed by atoms with Crippen molar-refractivity contribution in [1.29, 1.82) is 0 Å². The lowest BCUT2D eigenvalue weighted by molar-refractivity contribution is -0.116.